The average Bonchev–Trinajstić information content (AvgIpc) is 2.49. The molecule has 0 heterocycles. The SMILES string of the molecule is CCCCCCCCCCCCC(=O)NCCNCCN. The summed E-state index contributed by atoms with van der Waals surface area (Å²) in [4.78, 5) is 11.5. The van der Waals surface area contributed by atoms with E-state index in [1.54, 1.807) is 0 Å². The third-order valence-electron chi connectivity index (χ3n) is 3.70. The molecule has 0 saturated heterocycles. The van der Waals surface area contributed by atoms with Gasteiger partial charge in [-0.3, -0.25) is 4.79 Å². The number of carbonyl (C=O) groups excluding carboxylic acids is 1. The Morgan fingerprint density at radius 1 is 0.810 bits per heavy atom. The van der Waals surface area contributed by atoms with Crippen LogP contribution in [0.5, 0.6) is 0 Å². The van der Waals surface area contributed by atoms with Crippen molar-refractivity contribution >= 4 is 5.91 Å². The second-order valence-corrected chi connectivity index (χ2v) is 5.82. The van der Waals surface area contributed by atoms with E-state index in [9.17, 15) is 4.79 Å². The van der Waals surface area contributed by atoms with Crippen molar-refractivity contribution in [3.05, 3.63) is 0 Å². The predicted molar refractivity (Wildman–Crippen MR) is 91.4 cm³/mol. The Hall–Kier alpha value is -0.610. The van der Waals surface area contributed by atoms with E-state index in [0.717, 1.165) is 19.5 Å². The molecule has 4 nitrogen and oxygen atoms in total. The van der Waals surface area contributed by atoms with E-state index < -0.39 is 0 Å². The second-order valence-electron chi connectivity index (χ2n) is 5.82. The summed E-state index contributed by atoms with van der Waals surface area (Å²) in [6.07, 6.45) is 13.8. The van der Waals surface area contributed by atoms with Crippen LogP contribution in [-0.2, 0) is 4.79 Å². The Bertz CT molecular complexity index is 222. The minimum absolute atomic E-state index is 0.184. The highest BCUT2D eigenvalue weighted by Gasteiger charge is 2.00. The Labute approximate surface area is 131 Å². The van der Waals surface area contributed by atoms with E-state index in [1.807, 2.05) is 0 Å². The first-order valence-electron chi connectivity index (χ1n) is 8.98. The minimum atomic E-state index is 0.184. The second kappa shape index (κ2) is 17.4. The quantitative estimate of drug-likeness (QED) is 0.384. The number of amides is 1. The van der Waals surface area contributed by atoms with Crippen molar-refractivity contribution in [1.82, 2.24) is 10.6 Å². The van der Waals surface area contributed by atoms with Crippen molar-refractivity contribution in [2.24, 2.45) is 5.73 Å². The van der Waals surface area contributed by atoms with Crippen LogP contribution in [0.15, 0.2) is 0 Å². The van der Waals surface area contributed by atoms with Crippen molar-refractivity contribution in [2.45, 2.75) is 77.6 Å². The number of nitrogens with one attached hydrogen (secondary N) is 2. The molecule has 0 atom stereocenters. The van der Waals surface area contributed by atoms with E-state index in [2.05, 4.69) is 17.6 Å². The maximum Gasteiger partial charge on any atom is 0.220 e. The average molecular weight is 300 g/mol. The minimum Gasteiger partial charge on any atom is -0.355 e. The molecule has 0 bridgehead atoms. The molecule has 126 valence electrons. The fourth-order valence-corrected chi connectivity index (χ4v) is 2.38. The Morgan fingerprint density at radius 2 is 1.38 bits per heavy atom. The number of hydrogen-bond donors (Lipinski definition) is 3. The summed E-state index contributed by atoms with van der Waals surface area (Å²) in [7, 11) is 0. The van der Waals surface area contributed by atoms with Gasteiger partial charge in [-0.2, -0.15) is 0 Å². The third kappa shape index (κ3) is 17.3. The zero-order valence-corrected chi connectivity index (χ0v) is 14.1. The maximum atomic E-state index is 11.5. The van der Waals surface area contributed by atoms with Crippen molar-refractivity contribution in [3.8, 4) is 0 Å². The molecule has 1 amide bonds. The van der Waals surface area contributed by atoms with E-state index in [1.165, 1.54) is 57.8 Å². The van der Waals surface area contributed by atoms with Crippen LogP contribution in [0.2, 0.25) is 0 Å². The van der Waals surface area contributed by atoms with Crippen LogP contribution in [-0.4, -0.2) is 32.1 Å². The molecule has 0 fully saturated rings. The third-order valence-corrected chi connectivity index (χ3v) is 3.70. The summed E-state index contributed by atoms with van der Waals surface area (Å²) in [6.45, 7) is 5.23. The molecule has 0 radical (unpaired) electrons. The van der Waals surface area contributed by atoms with Gasteiger partial charge in [-0.1, -0.05) is 64.7 Å². The first kappa shape index (κ1) is 20.4. The fraction of sp³-hybridized carbons (Fsp3) is 0.941. The Balaban J connectivity index is 3.11. The lowest BCUT2D eigenvalue weighted by molar-refractivity contribution is -0.121. The lowest BCUT2D eigenvalue weighted by Crippen LogP contribution is -2.33. The smallest absolute Gasteiger partial charge is 0.220 e. The highest BCUT2D eigenvalue weighted by molar-refractivity contribution is 5.75. The standard InChI is InChI=1S/C17H37N3O/c1-2-3-4-5-6-7-8-9-10-11-12-17(21)20-16-15-19-14-13-18/h19H,2-16,18H2,1H3,(H,20,21). The molecule has 0 saturated carbocycles. The molecule has 21 heavy (non-hydrogen) atoms. The summed E-state index contributed by atoms with van der Waals surface area (Å²) in [5.41, 5.74) is 5.37. The van der Waals surface area contributed by atoms with Crippen molar-refractivity contribution in [1.29, 1.82) is 0 Å². The van der Waals surface area contributed by atoms with Crippen LogP contribution in [0.4, 0.5) is 0 Å². The van der Waals surface area contributed by atoms with Crippen LogP contribution in [0.3, 0.4) is 0 Å². The molecule has 0 spiro atoms. The van der Waals surface area contributed by atoms with Gasteiger partial charge >= 0.3 is 0 Å². The summed E-state index contributed by atoms with van der Waals surface area (Å²) in [6, 6.07) is 0. The molecule has 0 unspecified atom stereocenters. The molecule has 0 aliphatic rings. The summed E-state index contributed by atoms with van der Waals surface area (Å²) in [5.74, 6) is 0.184. The van der Waals surface area contributed by atoms with Crippen LogP contribution in [0.25, 0.3) is 0 Å². The first-order chi connectivity index (χ1) is 10.3. The van der Waals surface area contributed by atoms with Crippen LogP contribution in [0.1, 0.15) is 77.6 Å². The lowest BCUT2D eigenvalue weighted by atomic mass is 10.1. The topological polar surface area (TPSA) is 67.2 Å². The van der Waals surface area contributed by atoms with Gasteiger partial charge in [0.25, 0.3) is 0 Å². The molecule has 0 rings (SSSR count). The lowest BCUT2D eigenvalue weighted by Gasteiger charge is -2.06. The normalized spacial score (nSPS) is 10.8. The van der Waals surface area contributed by atoms with Gasteiger partial charge in [0.05, 0.1) is 0 Å². The molecule has 0 aromatic heterocycles. The number of hydrogen-bond acceptors (Lipinski definition) is 3. The number of nitrogens with two attached hydrogens (primary N) is 1. The Kier molecular flexibility index (Phi) is 16.9. The first-order valence-corrected chi connectivity index (χ1v) is 8.98. The monoisotopic (exact) mass is 299 g/mol. The van der Waals surface area contributed by atoms with Gasteiger partial charge in [-0.15, -0.1) is 0 Å². The highest BCUT2D eigenvalue weighted by Crippen LogP contribution is 2.11. The van der Waals surface area contributed by atoms with Gasteiger partial charge in [0.1, 0.15) is 0 Å². The zero-order valence-electron chi connectivity index (χ0n) is 14.1. The van der Waals surface area contributed by atoms with Crippen molar-refractivity contribution in [3.63, 3.8) is 0 Å². The molecular weight excluding hydrogens is 262 g/mol. The van der Waals surface area contributed by atoms with Gasteiger partial charge < -0.3 is 16.4 Å². The largest absolute Gasteiger partial charge is 0.355 e. The van der Waals surface area contributed by atoms with Crippen molar-refractivity contribution < 1.29 is 4.79 Å². The summed E-state index contributed by atoms with van der Waals surface area (Å²) < 4.78 is 0. The molecule has 0 aliphatic carbocycles. The van der Waals surface area contributed by atoms with Crippen molar-refractivity contribution in [2.75, 3.05) is 26.2 Å². The van der Waals surface area contributed by atoms with E-state index >= 15 is 0 Å². The molecule has 4 heteroatoms. The molecular formula is C17H37N3O. The van der Waals surface area contributed by atoms with E-state index in [4.69, 9.17) is 5.73 Å². The zero-order chi connectivity index (χ0) is 15.6. The molecule has 4 N–H and O–H groups in total. The number of rotatable bonds is 16. The van der Waals surface area contributed by atoms with Gasteiger partial charge in [0.2, 0.25) is 5.91 Å². The fourth-order valence-electron chi connectivity index (χ4n) is 2.38. The van der Waals surface area contributed by atoms with Crippen LogP contribution in [0, 0.1) is 0 Å². The number of unbranched alkanes of at least 4 members (excludes halogenated alkanes) is 9. The summed E-state index contributed by atoms with van der Waals surface area (Å²) >= 11 is 0. The van der Waals surface area contributed by atoms with Crippen LogP contribution < -0.4 is 16.4 Å². The van der Waals surface area contributed by atoms with Gasteiger partial charge in [-0.05, 0) is 6.42 Å². The van der Waals surface area contributed by atoms with Gasteiger partial charge in [0.15, 0.2) is 0 Å². The molecule has 0 aromatic rings. The van der Waals surface area contributed by atoms with Gasteiger partial charge in [-0.25, -0.2) is 0 Å². The highest BCUT2D eigenvalue weighted by atomic mass is 16.1. The maximum absolute atomic E-state index is 11.5. The molecule has 0 aliphatic heterocycles. The predicted octanol–water partition coefficient (Wildman–Crippen LogP) is 2.96. The van der Waals surface area contributed by atoms with Crippen LogP contribution >= 0.6 is 0 Å². The van der Waals surface area contributed by atoms with E-state index in [-0.39, 0.29) is 5.91 Å². The summed E-state index contributed by atoms with van der Waals surface area (Å²) in [5, 5.41) is 6.09. The van der Waals surface area contributed by atoms with E-state index in [0.29, 0.717) is 19.5 Å². The van der Waals surface area contributed by atoms with Gasteiger partial charge in [0, 0.05) is 32.6 Å². The molecule has 0 aromatic carbocycles. The Morgan fingerprint density at radius 3 is 1.95 bits per heavy atom. The number of carbonyl (C=O) groups is 1.